The first-order valence-corrected chi connectivity index (χ1v) is 7.21. The molecule has 0 radical (unpaired) electrons. The number of unbranched alkanes of at least 4 members (excludes halogenated alkanes) is 1. The van der Waals surface area contributed by atoms with Crippen molar-refractivity contribution in [1.82, 2.24) is 0 Å². The predicted molar refractivity (Wildman–Crippen MR) is 76.1 cm³/mol. The van der Waals surface area contributed by atoms with E-state index in [-0.39, 0.29) is 0 Å². The molecule has 0 bridgehead atoms. The summed E-state index contributed by atoms with van der Waals surface area (Å²) in [5.41, 5.74) is -0.569. The number of rotatable bonds is 7. The van der Waals surface area contributed by atoms with Gasteiger partial charge in [-0.15, -0.1) is 0 Å². The van der Waals surface area contributed by atoms with Crippen molar-refractivity contribution >= 4 is 5.97 Å². The average Bonchev–Trinajstić information content (AvgIpc) is 2.29. The maximum Gasteiger partial charge on any atom is 0.0780 e. The molecular formula is C15H33NO2. The van der Waals surface area contributed by atoms with Gasteiger partial charge in [-0.05, 0) is 25.7 Å². The predicted octanol–water partition coefficient (Wildman–Crippen LogP) is 2.45. The van der Waals surface area contributed by atoms with Crippen LogP contribution in [0, 0.1) is 5.41 Å². The van der Waals surface area contributed by atoms with Gasteiger partial charge in [0.1, 0.15) is 0 Å². The highest BCUT2D eigenvalue weighted by Crippen LogP contribution is 2.28. The fraction of sp³-hybridized carbons (Fsp3) is 0.933. The molecule has 0 saturated heterocycles. The van der Waals surface area contributed by atoms with Crippen LogP contribution in [0.25, 0.3) is 0 Å². The second kappa shape index (κ2) is 9.37. The van der Waals surface area contributed by atoms with E-state index in [1.54, 1.807) is 0 Å². The molecule has 0 unspecified atom stereocenters. The maximum atomic E-state index is 10.6. The van der Waals surface area contributed by atoms with Crippen molar-refractivity contribution < 1.29 is 14.4 Å². The third-order valence-electron chi connectivity index (χ3n) is 3.65. The van der Waals surface area contributed by atoms with Crippen LogP contribution in [0.1, 0.15) is 59.8 Å². The van der Waals surface area contributed by atoms with E-state index in [0.29, 0.717) is 19.3 Å². The molecule has 0 atom stereocenters. The molecule has 0 aliphatic carbocycles. The minimum absolute atomic E-state index is 0.569. The number of aliphatic carboxylic acids is 1. The first kappa shape index (κ1) is 19.8. The highest BCUT2D eigenvalue weighted by molar-refractivity contribution is 5.72. The molecule has 3 heteroatoms. The first-order chi connectivity index (χ1) is 8.19. The highest BCUT2D eigenvalue weighted by atomic mass is 16.4. The zero-order chi connectivity index (χ0) is 14.8. The van der Waals surface area contributed by atoms with Crippen LogP contribution in [-0.4, -0.2) is 38.1 Å². The molecule has 0 spiro atoms. The first-order valence-electron chi connectivity index (χ1n) is 7.21. The highest BCUT2D eigenvalue weighted by Gasteiger charge is 2.24. The Morgan fingerprint density at radius 2 is 1.39 bits per heavy atom. The summed E-state index contributed by atoms with van der Waals surface area (Å²) >= 11 is 0. The van der Waals surface area contributed by atoms with Gasteiger partial charge in [-0.3, -0.25) is 0 Å². The van der Waals surface area contributed by atoms with Crippen molar-refractivity contribution in [3.8, 4) is 0 Å². The molecule has 0 heterocycles. The number of quaternary nitrogens is 1. The molecule has 3 nitrogen and oxygen atoms in total. The monoisotopic (exact) mass is 259 g/mol. The molecule has 0 fully saturated rings. The summed E-state index contributed by atoms with van der Waals surface area (Å²) in [7, 11) is 6.70. The van der Waals surface area contributed by atoms with E-state index in [9.17, 15) is 9.90 Å². The normalized spacial score (nSPS) is 11.7. The van der Waals surface area contributed by atoms with Gasteiger partial charge in [-0.25, -0.2) is 0 Å². The number of carbonyl (C=O) groups is 1. The van der Waals surface area contributed by atoms with Crippen molar-refractivity contribution in [3.05, 3.63) is 0 Å². The average molecular weight is 259 g/mol. The Morgan fingerprint density at radius 3 is 1.44 bits per heavy atom. The molecule has 0 amide bonds. The van der Waals surface area contributed by atoms with Crippen LogP contribution < -0.4 is 5.11 Å². The van der Waals surface area contributed by atoms with Crippen LogP contribution >= 0.6 is 0 Å². The van der Waals surface area contributed by atoms with Crippen molar-refractivity contribution in [2.24, 2.45) is 5.41 Å². The van der Waals surface area contributed by atoms with E-state index < -0.39 is 11.4 Å². The summed E-state index contributed by atoms with van der Waals surface area (Å²) in [5.74, 6) is -0.903. The van der Waals surface area contributed by atoms with E-state index in [1.807, 2.05) is 20.8 Å². The van der Waals surface area contributed by atoms with Crippen molar-refractivity contribution in [3.63, 3.8) is 0 Å². The van der Waals surface area contributed by atoms with E-state index >= 15 is 0 Å². The van der Waals surface area contributed by atoms with E-state index in [1.165, 1.54) is 19.4 Å². The Kier molecular flexibility index (Phi) is 10.3. The third-order valence-corrected chi connectivity index (χ3v) is 3.65. The Labute approximate surface area is 114 Å². The van der Waals surface area contributed by atoms with Crippen LogP contribution in [0.2, 0.25) is 0 Å². The summed E-state index contributed by atoms with van der Waals surface area (Å²) in [5, 5.41) is 10.6. The van der Waals surface area contributed by atoms with Crippen LogP contribution in [-0.2, 0) is 4.79 Å². The van der Waals surface area contributed by atoms with Crippen LogP contribution in [0.4, 0.5) is 0 Å². The van der Waals surface area contributed by atoms with Gasteiger partial charge in [-0.2, -0.15) is 0 Å². The molecule has 0 aliphatic rings. The molecule has 110 valence electrons. The minimum Gasteiger partial charge on any atom is -0.550 e. The molecule has 0 rings (SSSR count). The van der Waals surface area contributed by atoms with Gasteiger partial charge >= 0.3 is 0 Å². The number of hydrogen-bond acceptors (Lipinski definition) is 2. The minimum atomic E-state index is -0.903. The smallest absolute Gasteiger partial charge is 0.0780 e. The van der Waals surface area contributed by atoms with E-state index in [4.69, 9.17) is 0 Å². The van der Waals surface area contributed by atoms with Gasteiger partial charge in [0.15, 0.2) is 0 Å². The lowest BCUT2D eigenvalue weighted by Gasteiger charge is -2.31. The lowest BCUT2D eigenvalue weighted by molar-refractivity contribution is -0.870. The van der Waals surface area contributed by atoms with E-state index in [0.717, 1.165) is 4.48 Å². The van der Waals surface area contributed by atoms with Crippen LogP contribution in [0.3, 0.4) is 0 Å². The maximum absolute atomic E-state index is 10.6. The third kappa shape index (κ3) is 8.51. The topological polar surface area (TPSA) is 40.1 Å². The summed E-state index contributed by atoms with van der Waals surface area (Å²) in [6.45, 7) is 9.21. The van der Waals surface area contributed by atoms with Crippen LogP contribution in [0.5, 0.6) is 0 Å². The van der Waals surface area contributed by atoms with Crippen LogP contribution in [0.15, 0.2) is 0 Å². The molecule has 18 heavy (non-hydrogen) atoms. The molecule has 0 aromatic rings. The SMILES string of the molecule is CCC(CC)(CC)C(=O)[O-].CCCC[N+](C)(C)C. The van der Waals surface area contributed by atoms with Crippen molar-refractivity contribution in [2.75, 3.05) is 27.7 Å². The molecule has 0 aromatic heterocycles. The number of nitrogens with zero attached hydrogens (tertiary/aromatic N) is 1. The molecule has 0 saturated carbocycles. The second-order valence-electron chi connectivity index (χ2n) is 6.00. The second-order valence-corrected chi connectivity index (χ2v) is 6.00. The summed E-state index contributed by atoms with van der Waals surface area (Å²) in [6, 6.07) is 0. The Bertz CT molecular complexity index is 207. The lowest BCUT2D eigenvalue weighted by atomic mass is 9.80. The molecule has 0 N–H and O–H groups in total. The van der Waals surface area contributed by atoms with Gasteiger partial charge in [0.25, 0.3) is 0 Å². The molecule has 0 aromatic carbocycles. The van der Waals surface area contributed by atoms with Gasteiger partial charge in [0.2, 0.25) is 0 Å². The van der Waals surface area contributed by atoms with Gasteiger partial charge in [-0.1, -0.05) is 34.1 Å². The van der Waals surface area contributed by atoms with Crippen molar-refractivity contribution in [1.29, 1.82) is 0 Å². The number of carbonyl (C=O) groups excluding carboxylic acids is 1. The lowest BCUT2D eigenvalue weighted by Crippen LogP contribution is -2.41. The Balaban J connectivity index is 0. The number of hydrogen-bond donors (Lipinski definition) is 0. The fourth-order valence-electron chi connectivity index (χ4n) is 1.82. The largest absolute Gasteiger partial charge is 0.550 e. The standard InChI is InChI=1S/C8H16O2.C7H18N/c1-4-8(5-2,6-3)7(9)10;1-5-6-7-8(2,3)4/h4-6H2,1-3H3,(H,9,10);5-7H2,1-4H3/q;+1/p-1. The number of carboxylic acid groups (broad SMARTS) is 1. The Morgan fingerprint density at radius 1 is 1.00 bits per heavy atom. The molecular weight excluding hydrogens is 226 g/mol. The summed E-state index contributed by atoms with van der Waals surface area (Å²) < 4.78 is 1.10. The van der Waals surface area contributed by atoms with Gasteiger partial charge < -0.3 is 14.4 Å². The zero-order valence-electron chi connectivity index (χ0n) is 13.5. The van der Waals surface area contributed by atoms with Crippen molar-refractivity contribution in [2.45, 2.75) is 59.8 Å². The Hall–Kier alpha value is -0.570. The quantitative estimate of drug-likeness (QED) is 0.659. The van der Waals surface area contributed by atoms with E-state index in [2.05, 4.69) is 28.1 Å². The zero-order valence-corrected chi connectivity index (χ0v) is 13.5. The number of carboxylic acids is 1. The molecule has 0 aliphatic heterocycles. The van der Waals surface area contributed by atoms with Gasteiger partial charge in [0, 0.05) is 11.4 Å². The fourth-order valence-corrected chi connectivity index (χ4v) is 1.82. The van der Waals surface area contributed by atoms with Gasteiger partial charge in [0.05, 0.1) is 27.7 Å². The summed E-state index contributed by atoms with van der Waals surface area (Å²) in [6.07, 6.45) is 4.67. The summed E-state index contributed by atoms with van der Waals surface area (Å²) in [4.78, 5) is 10.6.